The lowest BCUT2D eigenvalue weighted by Gasteiger charge is -2.31. The van der Waals surface area contributed by atoms with Crippen molar-refractivity contribution in [2.45, 2.75) is 25.7 Å². The van der Waals surface area contributed by atoms with Crippen LogP contribution in [0.25, 0.3) is 10.8 Å². The van der Waals surface area contributed by atoms with Crippen molar-refractivity contribution in [3.05, 3.63) is 48.0 Å². The van der Waals surface area contributed by atoms with Gasteiger partial charge >= 0.3 is 0 Å². The molecule has 2 fully saturated rings. The minimum atomic E-state index is 0.0262. The largest absolute Gasteiger partial charge is 0.356 e. The van der Waals surface area contributed by atoms with Crippen LogP contribution in [-0.4, -0.2) is 49.4 Å². The highest BCUT2D eigenvalue weighted by molar-refractivity contribution is 6.07. The number of hydrogen-bond acceptors (Lipinski definition) is 3. The molecule has 0 radical (unpaired) electrons. The van der Waals surface area contributed by atoms with Crippen LogP contribution in [0, 0.1) is 11.8 Å². The Kier molecular flexibility index (Phi) is 5.91. The average molecular weight is 380 g/mol. The van der Waals surface area contributed by atoms with Crippen molar-refractivity contribution in [1.82, 2.24) is 15.5 Å². The van der Waals surface area contributed by atoms with Crippen LogP contribution in [0.2, 0.25) is 0 Å². The van der Waals surface area contributed by atoms with Crippen molar-refractivity contribution in [3.63, 3.8) is 0 Å². The quantitative estimate of drug-likeness (QED) is 0.840. The molecule has 5 nitrogen and oxygen atoms in total. The van der Waals surface area contributed by atoms with Gasteiger partial charge in [0.25, 0.3) is 5.91 Å². The SMILES string of the molecule is O=C(NCCC1CCNC1)C1CCN(C(=O)c2cccc3ccccc23)CC1. The van der Waals surface area contributed by atoms with Crippen LogP contribution < -0.4 is 10.6 Å². The Morgan fingerprint density at radius 2 is 1.82 bits per heavy atom. The Morgan fingerprint density at radius 1 is 1.04 bits per heavy atom. The predicted molar refractivity (Wildman–Crippen MR) is 111 cm³/mol. The highest BCUT2D eigenvalue weighted by atomic mass is 16.2. The fraction of sp³-hybridized carbons (Fsp3) is 0.478. The van der Waals surface area contributed by atoms with Gasteiger partial charge in [0.1, 0.15) is 0 Å². The van der Waals surface area contributed by atoms with E-state index < -0.39 is 0 Å². The summed E-state index contributed by atoms with van der Waals surface area (Å²) < 4.78 is 0. The summed E-state index contributed by atoms with van der Waals surface area (Å²) in [4.78, 5) is 27.4. The maximum absolute atomic E-state index is 13.0. The topological polar surface area (TPSA) is 61.4 Å². The first-order valence-electron chi connectivity index (χ1n) is 10.5. The molecule has 148 valence electrons. The van der Waals surface area contributed by atoms with E-state index in [-0.39, 0.29) is 17.7 Å². The van der Waals surface area contributed by atoms with Crippen LogP contribution in [0.3, 0.4) is 0 Å². The van der Waals surface area contributed by atoms with E-state index in [1.807, 2.05) is 47.4 Å². The number of amides is 2. The zero-order valence-corrected chi connectivity index (χ0v) is 16.3. The summed E-state index contributed by atoms with van der Waals surface area (Å²) in [6, 6.07) is 13.9. The molecule has 1 unspecified atom stereocenters. The summed E-state index contributed by atoms with van der Waals surface area (Å²) >= 11 is 0. The van der Waals surface area contributed by atoms with Gasteiger partial charge in [-0.2, -0.15) is 0 Å². The number of hydrogen-bond donors (Lipinski definition) is 2. The van der Waals surface area contributed by atoms with E-state index in [1.165, 1.54) is 6.42 Å². The molecule has 1 atom stereocenters. The van der Waals surface area contributed by atoms with Crippen molar-refractivity contribution >= 4 is 22.6 Å². The molecule has 2 N–H and O–H groups in total. The van der Waals surface area contributed by atoms with Gasteiger partial charge in [0, 0.05) is 31.1 Å². The second kappa shape index (κ2) is 8.74. The molecule has 2 heterocycles. The Bertz CT molecular complexity index is 831. The van der Waals surface area contributed by atoms with Gasteiger partial charge in [-0.25, -0.2) is 0 Å². The van der Waals surface area contributed by atoms with Gasteiger partial charge in [-0.1, -0.05) is 36.4 Å². The normalized spacial score (nSPS) is 20.4. The van der Waals surface area contributed by atoms with Crippen molar-refractivity contribution in [2.75, 3.05) is 32.7 Å². The second-order valence-corrected chi connectivity index (χ2v) is 8.03. The molecular formula is C23H29N3O2. The van der Waals surface area contributed by atoms with Gasteiger partial charge < -0.3 is 15.5 Å². The standard InChI is InChI=1S/C23H29N3O2/c27-22(25-13-9-17-8-12-24-16-17)19-10-14-26(15-11-19)23(28)21-7-3-5-18-4-1-2-6-20(18)21/h1-7,17,19,24H,8-16H2,(H,25,27). The van der Waals surface area contributed by atoms with E-state index in [1.54, 1.807) is 0 Å². The van der Waals surface area contributed by atoms with E-state index >= 15 is 0 Å². The first-order chi connectivity index (χ1) is 13.7. The number of benzene rings is 2. The third-order valence-electron chi connectivity index (χ3n) is 6.19. The van der Waals surface area contributed by atoms with Crippen LogP contribution in [0.4, 0.5) is 0 Å². The van der Waals surface area contributed by atoms with Crippen LogP contribution in [0.1, 0.15) is 36.0 Å². The lowest BCUT2D eigenvalue weighted by molar-refractivity contribution is -0.126. The van der Waals surface area contributed by atoms with E-state index in [4.69, 9.17) is 0 Å². The van der Waals surface area contributed by atoms with Crippen molar-refractivity contribution < 1.29 is 9.59 Å². The summed E-state index contributed by atoms with van der Waals surface area (Å²) in [5.74, 6) is 0.950. The Balaban J connectivity index is 1.29. The molecule has 2 aliphatic rings. The number of piperidine rings is 1. The third kappa shape index (κ3) is 4.20. The first kappa shape index (κ1) is 18.9. The van der Waals surface area contributed by atoms with Crippen LogP contribution in [0.5, 0.6) is 0 Å². The molecule has 0 spiro atoms. The molecule has 2 aliphatic heterocycles. The fourth-order valence-electron chi connectivity index (χ4n) is 4.43. The molecule has 0 bridgehead atoms. The number of fused-ring (bicyclic) bond motifs is 1. The molecule has 5 heteroatoms. The monoisotopic (exact) mass is 379 g/mol. The summed E-state index contributed by atoms with van der Waals surface area (Å²) in [7, 11) is 0. The number of likely N-dealkylation sites (tertiary alicyclic amines) is 1. The maximum atomic E-state index is 13.0. The van der Waals surface area contributed by atoms with Gasteiger partial charge in [0.15, 0.2) is 0 Å². The summed E-state index contributed by atoms with van der Waals surface area (Å²) in [5.41, 5.74) is 0.756. The highest BCUT2D eigenvalue weighted by Crippen LogP contribution is 2.23. The second-order valence-electron chi connectivity index (χ2n) is 8.03. The molecule has 0 aliphatic carbocycles. The molecule has 2 aromatic carbocycles. The summed E-state index contributed by atoms with van der Waals surface area (Å²) in [5, 5.41) is 8.55. The molecule has 0 aromatic heterocycles. The molecule has 0 saturated carbocycles. The number of nitrogens with one attached hydrogen (secondary N) is 2. The van der Waals surface area contributed by atoms with Crippen LogP contribution in [-0.2, 0) is 4.79 Å². The van der Waals surface area contributed by atoms with Gasteiger partial charge in [0.05, 0.1) is 0 Å². The smallest absolute Gasteiger partial charge is 0.254 e. The van der Waals surface area contributed by atoms with Crippen LogP contribution in [0.15, 0.2) is 42.5 Å². The van der Waals surface area contributed by atoms with Gasteiger partial charge in [0.2, 0.25) is 5.91 Å². The molecule has 28 heavy (non-hydrogen) atoms. The summed E-state index contributed by atoms with van der Waals surface area (Å²) in [6.45, 7) is 4.23. The van der Waals surface area contributed by atoms with E-state index in [0.717, 1.165) is 55.2 Å². The fourth-order valence-corrected chi connectivity index (χ4v) is 4.43. The maximum Gasteiger partial charge on any atom is 0.254 e. The summed E-state index contributed by atoms with van der Waals surface area (Å²) in [6.07, 6.45) is 3.75. The van der Waals surface area contributed by atoms with E-state index in [2.05, 4.69) is 10.6 Å². The highest BCUT2D eigenvalue weighted by Gasteiger charge is 2.28. The molecule has 4 rings (SSSR count). The number of carbonyl (C=O) groups excluding carboxylic acids is 2. The Labute approximate surface area is 166 Å². The van der Waals surface area contributed by atoms with Crippen LogP contribution >= 0.6 is 0 Å². The van der Waals surface area contributed by atoms with Crippen molar-refractivity contribution in [2.24, 2.45) is 11.8 Å². The predicted octanol–water partition coefficient (Wildman–Crippen LogP) is 2.81. The Morgan fingerprint density at radius 3 is 2.61 bits per heavy atom. The molecule has 2 amide bonds. The first-order valence-corrected chi connectivity index (χ1v) is 10.5. The minimum Gasteiger partial charge on any atom is -0.356 e. The average Bonchev–Trinajstić information content (AvgIpc) is 3.26. The molecular weight excluding hydrogens is 350 g/mol. The molecule has 2 saturated heterocycles. The lowest BCUT2D eigenvalue weighted by Crippen LogP contribution is -2.43. The number of rotatable bonds is 5. The van der Waals surface area contributed by atoms with E-state index in [0.29, 0.717) is 19.0 Å². The zero-order valence-electron chi connectivity index (χ0n) is 16.3. The van der Waals surface area contributed by atoms with Crippen molar-refractivity contribution in [1.29, 1.82) is 0 Å². The van der Waals surface area contributed by atoms with Gasteiger partial charge in [-0.3, -0.25) is 9.59 Å². The number of nitrogens with zero attached hydrogens (tertiary/aromatic N) is 1. The van der Waals surface area contributed by atoms with Gasteiger partial charge in [-0.05, 0) is 61.5 Å². The molecule has 2 aromatic rings. The van der Waals surface area contributed by atoms with Crippen molar-refractivity contribution in [3.8, 4) is 0 Å². The minimum absolute atomic E-state index is 0.0262. The van der Waals surface area contributed by atoms with E-state index in [9.17, 15) is 9.59 Å². The van der Waals surface area contributed by atoms with Gasteiger partial charge in [-0.15, -0.1) is 0 Å². The third-order valence-corrected chi connectivity index (χ3v) is 6.19. The Hall–Kier alpha value is -2.40. The lowest BCUT2D eigenvalue weighted by atomic mass is 9.94. The zero-order chi connectivity index (χ0) is 19.3. The number of carbonyl (C=O) groups is 2.